The van der Waals surface area contributed by atoms with Gasteiger partial charge in [-0.1, -0.05) is 18.2 Å². The maximum absolute atomic E-state index is 13.2. The van der Waals surface area contributed by atoms with E-state index in [2.05, 4.69) is 10.6 Å². The first-order valence-corrected chi connectivity index (χ1v) is 8.21. The molecule has 0 saturated carbocycles. The lowest BCUT2D eigenvalue weighted by Gasteiger charge is -2.17. The average Bonchev–Trinajstić information content (AvgIpc) is 3.01. The van der Waals surface area contributed by atoms with Gasteiger partial charge in [-0.15, -0.1) is 0 Å². The molecule has 0 bridgehead atoms. The van der Waals surface area contributed by atoms with E-state index in [0.29, 0.717) is 29.7 Å². The Morgan fingerprint density at radius 1 is 1.12 bits per heavy atom. The van der Waals surface area contributed by atoms with Gasteiger partial charge in [-0.05, 0) is 41.3 Å². The molecule has 24 heavy (non-hydrogen) atoms. The Hall–Kier alpha value is -2.40. The Labute approximate surface area is 140 Å². The zero-order valence-corrected chi connectivity index (χ0v) is 13.2. The monoisotopic (exact) mass is 326 g/mol. The van der Waals surface area contributed by atoms with Crippen LogP contribution in [0.1, 0.15) is 27.4 Å². The lowest BCUT2D eigenvalue weighted by Crippen LogP contribution is -2.28. The maximum Gasteiger partial charge on any atom is 0.251 e. The second-order valence-electron chi connectivity index (χ2n) is 6.40. The van der Waals surface area contributed by atoms with Crippen molar-refractivity contribution in [2.24, 2.45) is 5.92 Å². The predicted octanol–water partition coefficient (Wildman–Crippen LogP) is 2.45. The number of benzene rings is 2. The molecular formula is C19H19FN2O2. The van der Waals surface area contributed by atoms with E-state index >= 15 is 0 Å². The summed E-state index contributed by atoms with van der Waals surface area (Å²) in [7, 11) is 0. The Kier molecular flexibility index (Phi) is 3.94. The van der Waals surface area contributed by atoms with Gasteiger partial charge in [-0.2, -0.15) is 0 Å². The van der Waals surface area contributed by atoms with Crippen LogP contribution in [-0.2, 0) is 6.61 Å². The molecule has 2 aliphatic rings. The number of fused-ring (bicyclic) bond motifs is 3. The molecule has 2 aliphatic heterocycles. The van der Waals surface area contributed by atoms with Gasteiger partial charge in [0.25, 0.3) is 5.91 Å². The fourth-order valence-corrected chi connectivity index (χ4v) is 3.57. The molecule has 124 valence electrons. The summed E-state index contributed by atoms with van der Waals surface area (Å²) in [6.07, 6.45) is 0. The van der Waals surface area contributed by atoms with Crippen LogP contribution in [-0.4, -0.2) is 25.5 Å². The third-order valence-corrected chi connectivity index (χ3v) is 4.83. The molecule has 2 aromatic rings. The largest absolute Gasteiger partial charge is 0.489 e. The van der Waals surface area contributed by atoms with Crippen molar-refractivity contribution in [1.29, 1.82) is 0 Å². The zero-order valence-electron chi connectivity index (χ0n) is 13.2. The molecule has 2 N–H and O–H groups in total. The maximum atomic E-state index is 13.2. The summed E-state index contributed by atoms with van der Waals surface area (Å²) in [5.41, 5.74) is 2.52. The first-order valence-electron chi connectivity index (χ1n) is 8.21. The highest BCUT2D eigenvalue weighted by molar-refractivity contribution is 5.96. The highest BCUT2D eigenvalue weighted by atomic mass is 19.1. The van der Waals surface area contributed by atoms with E-state index in [1.165, 1.54) is 12.1 Å². The molecule has 4 nitrogen and oxygen atoms in total. The molecule has 1 unspecified atom stereocenters. The van der Waals surface area contributed by atoms with Gasteiger partial charge in [0.1, 0.15) is 18.2 Å². The van der Waals surface area contributed by atoms with Crippen LogP contribution in [0, 0.1) is 11.7 Å². The van der Waals surface area contributed by atoms with Crippen LogP contribution in [0.2, 0.25) is 0 Å². The summed E-state index contributed by atoms with van der Waals surface area (Å²) in [4.78, 5) is 12.4. The van der Waals surface area contributed by atoms with Gasteiger partial charge in [0, 0.05) is 31.1 Å². The van der Waals surface area contributed by atoms with Crippen LogP contribution in [0.3, 0.4) is 0 Å². The van der Waals surface area contributed by atoms with Crippen LogP contribution >= 0.6 is 0 Å². The Morgan fingerprint density at radius 3 is 2.92 bits per heavy atom. The average molecular weight is 326 g/mol. The SMILES string of the molecule is O=C1NC[C@@H]2CNCC2c2ccc(OCc3cccc(F)c3)cc21. The van der Waals surface area contributed by atoms with Crippen molar-refractivity contribution in [2.75, 3.05) is 19.6 Å². The number of rotatable bonds is 3. The zero-order chi connectivity index (χ0) is 16.5. The minimum absolute atomic E-state index is 0.0457. The van der Waals surface area contributed by atoms with Crippen molar-refractivity contribution in [2.45, 2.75) is 12.5 Å². The lowest BCUT2D eigenvalue weighted by atomic mass is 9.87. The molecule has 1 amide bonds. The van der Waals surface area contributed by atoms with Crippen molar-refractivity contribution in [3.63, 3.8) is 0 Å². The highest BCUT2D eigenvalue weighted by Gasteiger charge is 2.34. The van der Waals surface area contributed by atoms with Gasteiger partial charge < -0.3 is 15.4 Å². The van der Waals surface area contributed by atoms with Crippen molar-refractivity contribution in [1.82, 2.24) is 10.6 Å². The topological polar surface area (TPSA) is 50.4 Å². The fraction of sp³-hybridized carbons (Fsp3) is 0.316. The molecule has 5 heteroatoms. The number of hydrogen-bond donors (Lipinski definition) is 2. The minimum Gasteiger partial charge on any atom is -0.489 e. The van der Waals surface area contributed by atoms with Crippen molar-refractivity contribution in [3.8, 4) is 5.75 Å². The van der Waals surface area contributed by atoms with Crippen LogP contribution in [0.15, 0.2) is 42.5 Å². The Bertz CT molecular complexity index is 778. The van der Waals surface area contributed by atoms with Gasteiger partial charge in [0.15, 0.2) is 0 Å². The summed E-state index contributed by atoms with van der Waals surface area (Å²) in [5.74, 6) is 1.09. The molecule has 2 heterocycles. The molecule has 0 aromatic heterocycles. The van der Waals surface area contributed by atoms with Crippen LogP contribution in [0.4, 0.5) is 4.39 Å². The van der Waals surface area contributed by atoms with Gasteiger partial charge in [-0.3, -0.25) is 4.79 Å². The van der Waals surface area contributed by atoms with Gasteiger partial charge in [-0.25, -0.2) is 4.39 Å². The van der Waals surface area contributed by atoms with Crippen molar-refractivity contribution < 1.29 is 13.9 Å². The molecule has 0 aliphatic carbocycles. The summed E-state index contributed by atoms with van der Waals surface area (Å²) < 4.78 is 19.0. The molecule has 1 fully saturated rings. The molecule has 4 rings (SSSR count). The minimum atomic E-state index is -0.280. The van der Waals surface area contributed by atoms with Crippen molar-refractivity contribution >= 4 is 5.91 Å². The Morgan fingerprint density at radius 2 is 2.04 bits per heavy atom. The third kappa shape index (κ3) is 2.87. The number of amides is 1. The van der Waals surface area contributed by atoms with Gasteiger partial charge in [0.05, 0.1) is 0 Å². The van der Waals surface area contributed by atoms with Crippen LogP contribution in [0.5, 0.6) is 5.75 Å². The van der Waals surface area contributed by atoms with E-state index in [1.807, 2.05) is 18.2 Å². The fourth-order valence-electron chi connectivity index (χ4n) is 3.57. The van der Waals surface area contributed by atoms with Crippen LogP contribution < -0.4 is 15.4 Å². The smallest absolute Gasteiger partial charge is 0.251 e. The first kappa shape index (κ1) is 15.1. The second-order valence-corrected chi connectivity index (χ2v) is 6.40. The van der Waals surface area contributed by atoms with Crippen molar-refractivity contribution in [3.05, 3.63) is 65.0 Å². The first-order chi connectivity index (χ1) is 11.7. The van der Waals surface area contributed by atoms with E-state index in [4.69, 9.17) is 4.74 Å². The van der Waals surface area contributed by atoms with Gasteiger partial charge in [0.2, 0.25) is 0 Å². The molecular weight excluding hydrogens is 307 g/mol. The molecule has 2 aromatic carbocycles. The number of nitrogens with one attached hydrogen (secondary N) is 2. The van der Waals surface area contributed by atoms with E-state index in [-0.39, 0.29) is 18.3 Å². The van der Waals surface area contributed by atoms with E-state index in [0.717, 1.165) is 24.2 Å². The second kappa shape index (κ2) is 6.24. The van der Waals surface area contributed by atoms with Crippen LogP contribution in [0.25, 0.3) is 0 Å². The lowest BCUT2D eigenvalue weighted by molar-refractivity contribution is 0.0952. The summed E-state index contributed by atoms with van der Waals surface area (Å²) in [5, 5.41) is 6.39. The number of carbonyl (C=O) groups excluding carboxylic acids is 1. The summed E-state index contributed by atoms with van der Waals surface area (Å²) in [6.45, 7) is 2.80. The van der Waals surface area contributed by atoms with E-state index in [9.17, 15) is 9.18 Å². The Balaban J connectivity index is 1.57. The molecule has 1 saturated heterocycles. The quantitative estimate of drug-likeness (QED) is 0.911. The number of carbonyl (C=O) groups is 1. The third-order valence-electron chi connectivity index (χ3n) is 4.83. The normalized spacial score (nSPS) is 22.3. The predicted molar refractivity (Wildman–Crippen MR) is 88.6 cm³/mol. The summed E-state index contributed by atoms with van der Waals surface area (Å²) in [6, 6.07) is 12.0. The van der Waals surface area contributed by atoms with Gasteiger partial charge >= 0.3 is 0 Å². The number of ether oxygens (including phenoxy) is 1. The number of halogens is 1. The molecule has 0 spiro atoms. The number of hydrogen-bond acceptors (Lipinski definition) is 3. The standard InChI is InChI=1S/C19H19FN2O2/c20-14-3-1-2-12(6-14)11-24-15-4-5-16-17(7-15)19(23)22-9-13-8-21-10-18(13)16/h1-7,13,18,21H,8-11H2,(H,22,23)/t13-,18?/m0/s1. The summed E-state index contributed by atoms with van der Waals surface area (Å²) >= 11 is 0. The molecule has 0 radical (unpaired) electrons. The van der Waals surface area contributed by atoms with E-state index < -0.39 is 0 Å². The molecule has 2 atom stereocenters. The van der Waals surface area contributed by atoms with E-state index in [1.54, 1.807) is 12.1 Å². The highest BCUT2D eigenvalue weighted by Crippen LogP contribution is 2.34.